The Kier molecular flexibility index (Phi) is 5.10. The maximum absolute atomic E-state index is 13.0. The van der Waals surface area contributed by atoms with Crippen molar-refractivity contribution in [1.82, 2.24) is 5.32 Å². The number of hydrogen-bond acceptors (Lipinski definition) is 4. The molecule has 0 radical (unpaired) electrons. The van der Waals surface area contributed by atoms with E-state index in [1.165, 1.54) is 12.0 Å². The Balaban J connectivity index is 1.26. The van der Waals surface area contributed by atoms with E-state index in [2.05, 4.69) is 17.4 Å². The molecule has 154 valence electrons. The highest BCUT2D eigenvalue weighted by Gasteiger charge is 2.39. The highest BCUT2D eigenvalue weighted by atomic mass is 32.2. The average Bonchev–Trinajstić information content (AvgIpc) is 3.41. The van der Waals surface area contributed by atoms with Gasteiger partial charge in [0.05, 0.1) is 10.6 Å². The van der Waals surface area contributed by atoms with Crippen molar-refractivity contribution in [1.29, 1.82) is 0 Å². The minimum absolute atomic E-state index is 0.358. The number of nitrogens with one attached hydrogen (secondary N) is 1. The minimum atomic E-state index is -3.49. The molecule has 1 aliphatic carbocycles. The highest BCUT2D eigenvalue weighted by molar-refractivity contribution is 7.92. The molecule has 5 nitrogen and oxygen atoms in total. The Morgan fingerprint density at radius 3 is 2.66 bits per heavy atom. The molecule has 2 aliphatic heterocycles. The molecular formula is C23H28N2O3S. The lowest BCUT2D eigenvalue weighted by atomic mass is 10.0. The Morgan fingerprint density at radius 1 is 1.07 bits per heavy atom. The Bertz CT molecular complexity index is 971. The van der Waals surface area contributed by atoms with Gasteiger partial charge in [0.2, 0.25) is 0 Å². The van der Waals surface area contributed by atoms with Crippen molar-refractivity contribution < 1.29 is 13.2 Å². The highest BCUT2D eigenvalue weighted by Crippen LogP contribution is 2.43. The van der Waals surface area contributed by atoms with Gasteiger partial charge in [-0.25, -0.2) is 8.42 Å². The Labute approximate surface area is 173 Å². The van der Waals surface area contributed by atoms with E-state index in [4.69, 9.17) is 4.74 Å². The third-order valence-corrected chi connectivity index (χ3v) is 8.34. The second-order valence-corrected chi connectivity index (χ2v) is 10.3. The lowest BCUT2D eigenvalue weighted by molar-refractivity contribution is 0.0662. The van der Waals surface area contributed by atoms with Crippen molar-refractivity contribution in [3.63, 3.8) is 0 Å². The molecule has 1 saturated carbocycles. The summed E-state index contributed by atoms with van der Waals surface area (Å²) in [6, 6.07) is 15.6. The van der Waals surface area contributed by atoms with Gasteiger partial charge < -0.3 is 10.1 Å². The van der Waals surface area contributed by atoms with Crippen molar-refractivity contribution in [2.45, 2.75) is 42.5 Å². The number of anilines is 1. The van der Waals surface area contributed by atoms with E-state index in [1.807, 2.05) is 12.1 Å². The molecule has 5 rings (SSSR count). The quantitative estimate of drug-likeness (QED) is 0.791. The van der Waals surface area contributed by atoms with Gasteiger partial charge in [-0.15, -0.1) is 0 Å². The number of nitrogens with zero attached hydrogens (tertiary/aromatic N) is 1. The van der Waals surface area contributed by atoms with Gasteiger partial charge >= 0.3 is 0 Å². The van der Waals surface area contributed by atoms with E-state index < -0.39 is 10.0 Å². The van der Waals surface area contributed by atoms with Crippen molar-refractivity contribution in [3.05, 3.63) is 59.7 Å². The van der Waals surface area contributed by atoms with Crippen molar-refractivity contribution >= 4 is 15.7 Å². The first-order valence-corrected chi connectivity index (χ1v) is 12.1. The summed E-state index contributed by atoms with van der Waals surface area (Å²) in [5.74, 6) is 1.29. The fraction of sp³-hybridized carbons (Fsp3) is 0.478. The average molecular weight is 413 g/mol. The van der Waals surface area contributed by atoms with E-state index >= 15 is 0 Å². The predicted octanol–water partition coefficient (Wildman–Crippen LogP) is 3.31. The number of ether oxygens (including phenoxy) is 1. The fourth-order valence-electron chi connectivity index (χ4n) is 4.65. The minimum Gasteiger partial charge on any atom is -0.381 e. The molecule has 1 N–H and O–H groups in total. The monoisotopic (exact) mass is 412 g/mol. The molecule has 2 unspecified atom stereocenters. The van der Waals surface area contributed by atoms with Gasteiger partial charge in [-0.2, -0.15) is 0 Å². The number of sulfonamides is 1. The van der Waals surface area contributed by atoms with Crippen molar-refractivity contribution in [2.75, 3.05) is 30.6 Å². The summed E-state index contributed by atoms with van der Waals surface area (Å²) in [5, 5.41) is 3.74. The largest absolute Gasteiger partial charge is 0.381 e. The lowest BCUT2D eigenvalue weighted by Gasteiger charge is -2.22. The van der Waals surface area contributed by atoms with Crippen molar-refractivity contribution in [2.24, 2.45) is 5.92 Å². The normalized spacial score (nSPS) is 24.5. The van der Waals surface area contributed by atoms with Crippen LogP contribution in [0.3, 0.4) is 0 Å². The first kappa shape index (κ1) is 19.1. The fourth-order valence-corrected chi connectivity index (χ4v) is 6.17. The number of benzene rings is 2. The smallest absolute Gasteiger partial charge is 0.264 e. The summed E-state index contributed by atoms with van der Waals surface area (Å²) in [7, 11) is -3.49. The van der Waals surface area contributed by atoms with Gasteiger partial charge in [0.15, 0.2) is 0 Å². The molecule has 2 aromatic carbocycles. The molecule has 29 heavy (non-hydrogen) atoms. The number of fused-ring (bicyclic) bond motifs is 1. The molecule has 1 saturated heterocycles. The summed E-state index contributed by atoms with van der Waals surface area (Å²) in [6.45, 7) is 3.39. The van der Waals surface area contributed by atoms with Gasteiger partial charge in [0.25, 0.3) is 10.0 Å². The van der Waals surface area contributed by atoms with Gasteiger partial charge in [-0.3, -0.25) is 4.31 Å². The molecule has 2 fully saturated rings. The maximum Gasteiger partial charge on any atom is 0.264 e. The molecule has 2 heterocycles. The summed E-state index contributed by atoms with van der Waals surface area (Å²) in [6.07, 6.45) is 4.28. The van der Waals surface area contributed by atoms with Gasteiger partial charge in [-0.05, 0) is 67.5 Å². The first-order valence-electron chi connectivity index (χ1n) is 10.6. The van der Waals surface area contributed by atoms with Gasteiger partial charge in [-0.1, -0.05) is 30.3 Å². The van der Waals surface area contributed by atoms with Crippen LogP contribution in [-0.2, 0) is 21.2 Å². The molecule has 0 spiro atoms. The van der Waals surface area contributed by atoms with Crippen LogP contribution in [0.1, 0.15) is 36.3 Å². The topological polar surface area (TPSA) is 58.6 Å². The molecule has 2 atom stereocenters. The van der Waals surface area contributed by atoms with Gasteiger partial charge in [0, 0.05) is 31.7 Å². The second kappa shape index (κ2) is 7.74. The first-order chi connectivity index (χ1) is 14.1. The van der Waals surface area contributed by atoms with Crippen molar-refractivity contribution in [3.8, 4) is 0 Å². The zero-order valence-corrected chi connectivity index (χ0v) is 17.4. The third-order valence-electron chi connectivity index (χ3n) is 6.52. The molecule has 6 heteroatoms. The van der Waals surface area contributed by atoms with Crippen LogP contribution in [0.25, 0.3) is 0 Å². The standard InChI is InChI=1S/C23H28N2O3S/c26-29(27,20-4-2-1-3-5-20)25-11-8-19-14-18(6-7-23(19)25)21-15-22(21)24-16-17-9-12-28-13-10-17/h1-7,14,17,21-22,24H,8-13,15-16H2. The predicted molar refractivity (Wildman–Crippen MR) is 114 cm³/mol. The van der Waals surface area contributed by atoms with E-state index in [0.717, 1.165) is 56.2 Å². The van der Waals surface area contributed by atoms with E-state index in [1.54, 1.807) is 28.6 Å². The van der Waals surface area contributed by atoms with E-state index in [-0.39, 0.29) is 0 Å². The van der Waals surface area contributed by atoms with Crippen LogP contribution in [-0.4, -0.2) is 40.8 Å². The molecule has 0 bridgehead atoms. The van der Waals surface area contributed by atoms with E-state index in [0.29, 0.717) is 23.4 Å². The van der Waals surface area contributed by atoms with Crippen LogP contribution in [0.4, 0.5) is 5.69 Å². The third kappa shape index (κ3) is 3.81. The van der Waals surface area contributed by atoms with Crippen LogP contribution in [0.5, 0.6) is 0 Å². The number of hydrogen-bond donors (Lipinski definition) is 1. The molecule has 3 aliphatic rings. The second-order valence-electron chi connectivity index (χ2n) is 8.44. The van der Waals surface area contributed by atoms with Crippen LogP contribution in [0.2, 0.25) is 0 Å². The molecular weight excluding hydrogens is 384 g/mol. The van der Waals surface area contributed by atoms with Gasteiger partial charge in [0.1, 0.15) is 0 Å². The Hall–Kier alpha value is -1.89. The maximum atomic E-state index is 13.0. The summed E-state index contributed by atoms with van der Waals surface area (Å²) in [4.78, 5) is 0.358. The zero-order valence-electron chi connectivity index (χ0n) is 16.6. The SMILES string of the molecule is O=S(=O)(c1ccccc1)N1CCc2cc(C3CC3NCC3CCOCC3)ccc21. The summed E-state index contributed by atoms with van der Waals surface area (Å²) < 4.78 is 33.1. The lowest BCUT2D eigenvalue weighted by Crippen LogP contribution is -2.29. The molecule has 2 aromatic rings. The van der Waals surface area contributed by atoms with Crippen LogP contribution < -0.4 is 9.62 Å². The molecule has 0 amide bonds. The molecule has 0 aromatic heterocycles. The Morgan fingerprint density at radius 2 is 1.86 bits per heavy atom. The zero-order chi connectivity index (χ0) is 19.8. The van der Waals surface area contributed by atoms with Crippen LogP contribution >= 0.6 is 0 Å². The van der Waals surface area contributed by atoms with E-state index in [9.17, 15) is 8.42 Å². The summed E-state index contributed by atoms with van der Waals surface area (Å²) in [5.41, 5.74) is 3.33. The van der Waals surface area contributed by atoms with Crippen LogP contribution in [0.15, 0.2) is 53.4 Å². The van der Waals surface area contributed by atoms with Crippen LogP contribution in [0, 0.1) is 5.92 Å². The summed E-state index contributed by atoms with van der Waals surface area (Å²) >= 11 is 0. The number of rotatable bonds is 6.